The Labute approximate surface area is 411 Å². The number of amides is 2. The van der Waals surface area contributed by atoms with Gasteiger partial charge >= 0.3 is 5.97 Å². The Hall–Kier alpha value is -7.04. The number of carbonyl (C=O) groups excluding carboxylic acids is 3. The van der Waals surface area contributed by atoms with Crippen LogP contribution in [0.3, 0.4) is 0 Å². The van der Waals surface area contributed by atoms with Gasteiger partial charge in [0.15, 0.2) is 33.9 Å². The van der Waals surface area contributed by atoms with Crippen molar-refractivity contribution >= 4 is 75.2 Å². The number of phenolic OH excluding ortho intramolecular Hbond substituents is 2. The average Bonchev–Trinajstić information content (AvgIpc) is 4.00. The largest absolute Gasteiger partial charge is 0.508 e. The highest BCUT2D eigenvalue weighted by atomic mass is 32.2. The molecular weight excluding hydrogens is 939 g/mol. The van der Waals surface area contributed by atoms with Gasteiger partial charge in [-0.25, -0.2) is 19.7 Å². The van der Waals surface area contributed by atoms with Gasteiger partial charge in [-0.2, -0.15) is 11.8 Å². The number of aromatic nitrogens is 4. The normalized spacial score (nSPS) is 18.3. The van der Waals surface area contributed by atoms with E-state index < -0.39 is 36.1 Å². The van der Waals surface area contributed by atoms with Gasteiger partial charge < -0.3 is 61.2 Å². The maximum Gasteiger partial charge on any atom is 0.340 e. The Kier molecular flexibility index (Phi) is 14.3. The quantitative estimate of drug-likeness (QED) is 0.0281. The van der Waals surface area contributed by atoms with Gasteiger partial charge in [0.25, 0.3) is 0 Å². The molecule has 1 fully saturated rings. The van der Waals surface area contributed by atoms with E-state index in [2.05, 4.69) is 41.5 Å². The monoisotopic (exact) mass is 989 g/mol. The fourth-order valence-electron chi connectivity index (χ4n) is 8.70. The van der Waals surface area contributed by atoms with Crippen LogP contribution in [0.1, 0.15) is 77.9 Å². The van der Waals surface area contributed by atoms with Gasteiger partial charge in [-0.15, -0.1) is 0 Å². The van der Waals surface area contributed by atoms with Crippen molar-refractivity contribution < 1.29 is 49.0 Å². The second-order valence-corrected chi connectivity index (χ2v) is 18.5. The van der Waals surface area contributed by atoms with Crippen molar-refractivity contribution in [2.45, 2.75) is 75.7 Å². The summed E-state index contributed by atoms with van der Waals surface area (Å²) in [7, 11) is 0. The summed E-state index contributed by atoms with van der Waals surface area (Å²) >= 11 is 7.03. The summed E-state index contributed by atoms with van der Waals surface area (Å²) in [6.07, 6.45) is 1.96. The van der Waals surface area contributed by atoms with E-state index in [0.29, 0.717) is 118 Å². The van der Waals surface area contributed by atoms with Gasteiger partial charge in [0.1, 0.15) is 41.5 Å². The highest BCUT2D eigenvalue weighted by molar-refractivity contribution is 7.99. The van der Waals surface area contributed by atoms with Crippen molar-refractivity contribution in [1.29, 1.82) is 0 Å². The number of rotatable bonds is 18. The van der Waals surface area contributed by atoms with Gasteiger partial charge in [-0.05, 0) is 79.2 Å². The Balaban J connectivity index is 0.668. The number of nitrogens with one attached hydrogen (secondary N) is 5. The second kappa shape index (κ2) is 20.9. The summed E-state index contributed by atoms with van der Waals surface area (Å²) in [5, 5.41) is 58.0. The van der Waals surface area contributed by atoms with Crippen LogP contribution < -0.4 is 31.3 Å². The van der Waals surface area contributed by atoms with E-state index in [0.717, 1.165) is 18.4 Å². The van der Waals surface area contributed by atoms with Crippen LogP contribution in [-0.2, 0) is 31.2 Å². The predicted molar refractivity (Wildman–Crippen MR) is 265 cm³/mol. The highest BCUT2D eigenvalue weighted by Gasteiger charge is 2.54. The zero-order chi connectivity index (χ0) is 48.9. The van der Waals surface area contributed by atoms with Crippen LogP contribution in [0.5, 0.6) is 23.0 Å². The maximum absolute atomic E-state index is 13.5. The Morgan fingerprint density at radius 2 is 1.54 bits per heavy atom. The maximum atomic E-state index is 13.5. The number of hydrogen-bond donors (Lipinski definition) is 9. The van der Waals surface area contributed by atoms with E-state index in [-0.39, 0.29) is 23.3 Å². The molecule has 2 amide bonds. The summed E-state index contributed by atoms with van der Waals surface area (Å²) in [5.41, 5.74) is 3.79. The minimum atomic E-state index is -1.36. The Bertz CT molecular complexity index is 2890. The van der Waals surface area contributed by atoms with Crippen LogP contribution in [-0.4, -0.2) is 106 Å². The number of aliphatic hydroxyl groups is 2. The number of imidazole rings is 1. The molecule has 2 aromatic heterocycles. The van der Waals surface area contributed by atoms with Crippen molar-refractivity contribution in [1.82, 2.24) is 30.2 Å². The van der Waals surface area contributed by atoms with Crippen LogP contribution in [0.2, 0.25) is 0 Å². The number of nitrogens with zero attached hydrogens (tertiary/aromatic N) is 4. The molecule has 6 aromatic rings. The number of benzene rings is 4. The van der Waals surface area contributed by atoms with Gasteiger partial charge in [0.05, 0.1) is 18.0 Å². The number of hydrogen-bond acceptors (Lipinski definition) is 16. The molecule has 0 radical (unpaired) electrons. The first-order valence-electron chi connectivity index (χ1n) is 22.9. The third-order valence-corrected chi connectivity index (χ3v) is 13.5. The van der Waals surface area contributed by atoms with E-state index in [1.165, 1.54) is 48.7 Å². The van der Waals surface area contributed by atoms with Gasteiger partial charge in [0, 0.05) is 84.2 Å². The molecule has 0 bridgehead atoms. The zero-order valence-corrected chi connectivity index (χ0v) is 39.5. The molecule has 364 valence electrons. The number of aromatic hydroxyl groups is 2. The second-order valence-electron chi connectivity index (χ2n) is 17.0. The molecule has 3 aliphatic heterocycles. The number of thiocarbonyl (C=S) groups is 1. The Morgan fingerprint density at radius 3 is 2.29 bits per heavy atom. The molecule has 4 atom stereocenters. The standard InChI is InChI=1S/C49H51N9O10S2/c1-2-39(61)56-28-9-7-27(8-10-28)23-52-44-41-45(54-25-53-44)58(26-55-41)46-43(64)42(63)38(67-46)24-70-19-18-50-40(62)6-4-3-5-17-51-48(69)57-29-11-14-33-32(20-29)47(65)68-49(33)34-15-12-30(59)21-36(34)66-37-22-31(60)13-16-35(37)49/h7-16,20-22,25-26,38,42-43,46,59-60,63-64H,2-6,17-19,23-24H2,1H3,(H,50,62)(H,56,61)(H2,51,57,69)(H,52,53,54)/t38-,42-,43-,46-/m1/s1. The fraction of sp³-hybridized carbons (Fsp3) is 0.327. The third kappa shape index (κ3) is 10.0. The Morgan fingerprint density at radius 1 is 0.814 bits per heavy atom. The van der Waals surface area contributed by atoms with E-state index >= 15 is 0 Å². The number of esters is 1. The molecule has 1 spiro atoms. The molecule has 0 saturated carbocycles. The van der Waals surface area contributed by atoms with Gasteiger partial charge in [0.2, 0.25) is 11.8 Å². The molecule has 1 saturated heterocycles. The van der Waals surface area contributed by atoms with E-state index in [1.54, 1.807) is 41.8 Å². The molecule has 0 unspecified atom stereocenters. The van der Waals surface area contributed by atoms with Crippen molar-refractivity contribution in [3.63, 3.8) is 0 Å². The molecule has 3 aliphatic rings. The number of anilines is 3. The SMILES string of the molecule is CCC(=O)Nc1ccc(CNc2ncnc3c2ncn3[C@@H]2O[C@H](CSCCNC(=O)CCCCCNC(=S)Nc3ccc4c(c3)C(=O)OC43c4ccc(O)cc4Oc4cc(O)ccc43)[C@@H](O)[C@H]2O)cc1. The van der Waals surface area contributed by atoms with Crippen LogP contribution >= 0.6 is 24.0 Å². The van der Waals surface area contributed by atoms with E-state index in [9.17, 15) is 34.8 Å². The number of thioether (sulfide) groups is 1. The predicted octanol–water partition coefficient (Wildman–Crippen LogP) is 5.78. The summed E-state index contributed by atoms with van der Waals surface area (Å²) in [6.45, 7) is 3.24. The van der Waals surface area contributed by atoms with Crippen molar-refractivity contribution in [2.75, 3.05) is 40.5 Å². The van der Waals surface area contributed by atoms with Crippen molar-refractivity contribution in [3.05, 3.63) is 119 Å². The first-order chi connectivity index (χ1) is 33.9. The van der Waals surface area contributed by atoms with Crippen LogP contribution in [0.25, 0.3) is 11.2 Å². The molecule has 5 heterocycles. The highest BCUT2D eigenvalue weighted by Crippen LogP contribution is 2.57. The molecule has 9 N–H and O–H groups in total. The molecule has 21 heteroatoms. The zero-order valence-electron chi connectivity index (χ0n) is 37.9. The molecule has 19 nitrogen and oxygen atoms in total. The minimum absolute atomic E-state index is 0.0243. The number of fused-ring (bicyclic) bond motifs is 7. The number of aliphatic hydroxyl groups excluding tert-OH is 2. The lowest BCUT2D eigenvalue weighted by Crippen LogP contribution is -2.33. The average molecular weight is 990 g/mol. The molecular formula is C49H51N9O10S2. The molecule has 0 aliphatic carbocycles. The minimum Gasteiger partial charge on any atom is -0.508 e. The summed E-state index contributed by atoms with van der Waals surface area (Å²) < 4.78 is 19.9. The van der Waals surface area contributed by atoms with Crippen LogP contribution in [0.15, 0.2) is 91.5 Å². The summed E-state index contributed by atoms with van der Waals surface area (Å²) in [5.74, 6) is 1.35. The van der Waals surface area contributed by atoms with Crippen LogP contribution in [0.4, 0.5) is 17.2 Å². The van der Waals surface area contributed by atoms with Crippen molar-refractivity contribution in [3.8, 4) is 23.0 Å². The van der Waals surface area contributed by atoms with Crippen LogP contribution in [0, 0.1) is 0 Å². The molecule has 4 aromatic carbocycles. The van der Waals surface area contributed by atoms with Gasteiger partial charge in [-0.1, -0.05) is 31.5 Å². The smallest absolute Gasteiger partial charge is 0.340 e. The molecule has 70 heavy (non-hydrogen) atoms. The third-order valence-electron chi connectivity index (χ3n) is 12.2. The summed E-state index contributed by atoms with van der Waals surface area (Å²) in [4.78, 5) is 50.9. The lowest BCUT2D eigenvalue weighted by Gasteiger charge is -2.36. The first kappa shape index (κ1) is 48.0. The number of carbonyl (C=O) groups is 3. The first-order valence-corrected chi connectivity index (χ1v) is 24.4. The fourth-order valence-corrected chi connectivity index (χ4v) is 9.84. The summed E-state index contributed by atoms with van der Waals surface area (Å²) in [6, 6.07) is 21.9. The number of unbranched alkanes of at least 4 members (excludes halogenated alkanes) is 2. The lowest BCUT2D eigenvalue weighted by atomic mass is 9.77. The topological polar surface area (TPSA) is 264 Å². The lowest BCUT2D eigenvalue weighted by molar-refractivity contribution is -0.121. The van der Waals surface area contributed by atoms with E-state index in [1.807, 2.05) is 24.3 Å². The molecule has 9 rings (SSSR count). The van der Waals surface area contributed by atoms with Gasteiger partial charge in [-0.3, -0.25) is 14.2 Å². The van der Waals surface area contributed by atoms with E-state index in [4.69, 9.17) is 26.4 Å². The van der Waals surface area contributed by atoms with Crippen molar-refractivity contribution in [2.24, 2.45) is 0 Å². The number of ether oxygens (including phenoxy) is 3. The number of phenols is 2.